The summed E-state index contributed by atoms with van der Waals surface area (Å²) >= 11 is 0. The van der Waals surface area contributed by atoms with Crippen molar-refractivity contribution in [1.29, 1.82) is 0 Å². The lowest BCUT2D eigenvalue weighted by molar-refractivity contribution is 0.0934. The second kappa shape index (κ2) is 12.9. The van der Waals surface area contributed by atoms with Crippen LogP contribution in [0.2, 0.25) is 0 Å². The molecule has 0 radical (unpaired) electrons. The standard InChI is InChI=1S/C34H43N9O4/c1-33(2,3)26-19-27(38-29(37-26)30(45)35-16-18-44)39-32(46)36-24-12-13-25(23-10-7-6-9-22(23)24)47-21-11-14-28-40-41-31(43(28)20-21)34(4)15-8-17-42(34)5/h6-7,9-11,14,19-20,24-25,44H,8,12-13,15-18H2,1-5H3,(H,35,45)(H2,36,37,38,39,46)/t24?,25-,34+/m1/s1. The van der Waals surface area contributed by atoms with E-state index in [0.29, 0.717) is 18.5 Å². The summed E-state index contributed by atoms with van der Waals surface area (Å²) in [6.45, 7) is 8.99. The highest BCUT2D eigenvalue weighted by atomic mass is 16.5. The SMILES string of the molecule is CN1CCC[C@@]1(C)c1nnc2ccc(O[C@@H]3CCC(NC(=O)Nc4cc(C(C)(C)C)nc(C(=O)NCCO)n4)c4ccccc43)cn12. The molecule has 1 aliphatic carbocycles. The second-order valence-corrected chi connectivity index (χ2v) is 13.6. The predicted octanol–water partition coefficient (Wildman–Crippen LogP) is 4.26. The van der Waals surface area contributed by atoms with Crippen molar-refractivity contribution in [3.63, 3.8) is 0 Å². The normalized spacial score (nSPS) is 21.3. The Morgan fingerprint density at radius 1 is 1.09 bits per heavy atom. The molecule has 47 heavy (non-hydrogen) atoms. The molecule has 1 fully saturated rings. The van der Waals surface area contributed by atoms with Gasteiger partial charge < -0.3 is 20.5 Å². The van der Waals surface area contributed by atoms with Gasteiger partial charge in [0.1, 0.15) is 17.7 Å². The van der Waals surface area contributed by atoms with Crippen molar-refractivity contribution in [3.8, 4) is 5.75 Å². The zero-order chi connectivity index (χ0) is 33.3. The summed E-state index contributed by atoms with van der Waals surface area (Å²) in [4.78, 5) is 36.9. The topological polar surface area (TPSA) is 159 Å². The Labute approximate surface area is 274 Å². The smallest absolute Gasteiger partial charge is 0.320 e. The minimum Gasteiger partial charge on any atom is -0.484 e. The lowest BCUT2D eigenvalue weighted by Crippen LogP contribution is -2.37. The first kappa shape index (κ1) is 32.3. The zero-order valence-corrected chi connectivity index (χ0v) is 27.6. The van der Waals surface area contributed by atoms with Gasteiger partial charge in [0.25, 0.3) is 5.91 Å². The van der Waals surface area contributed by atoms with Crippen molar-refractivity contribution in [1.82, 2.24) is 40.1 Å². The summed E-state index contributed by atoms with van der Waals surface area (Å²) in [5, 5.41) is 26.5. The second-order valence-electron chi connectivity index (χ2n) is 13.6. The van der Waals surface area contributed by atoms with Gasteiger partial charge in [0.05, 0.1) is 30.1 Å². The summed E-state index contributed by atoms with van der Waals surface area (Å²) in [7, 11) is 2.13. The van der Waals surface area contributed by atoms with Gasteiger partial charge in [0.2, 0.25) is 5.82 Å². The minimum atomic E-state index is -0.527. The van der Waals surface area contributed by atoms with Crippen molar-refractivity contribution in [3.05, 3.63) is 77.1 Å². The van der Waals surface area contributed by atoms with Crippen LogP contribution < -0.4 is 20.7 Å². The molecule has 6 rings (SSSR count). The number of benzene rings is 1. The van der Waals surface area contributed by atoms with Gasteiger partial charge in [0.15, 0.2) is 11.5 Å². The van der Waals surface area contributed by atoms with Crippen molar-refractivity contribution in [2.45, 2.75) is 76.5 Å². The highest BCUT2D eigenvalue weighted by Crippen LogP contribution is 2.40. The first-order chi connectivity index (χ1) is 22.5. The lowest BCUT2D eigenvalue weighted by Gasteiger charge is -2.32. The number of ether oxygens (including phenoxy) is 1. The van der Waals surface area contributed by atoms with E-state index in [0.717, 1.165) is 47.7 Å². The van der Waals surface area contributed by atoms with Crippen LogP contribution in [0.1, 0.15) is 98.8 Å². The van der Waals surface area contributed by atoms with E-state index in [4.69, 9.17) is 9.84 Å². The summed E-state index contributed by atoms with van der Waals surface area (Å²) in [6, 6.07) is 12.8. The summed E-state index contributed by atoms with van der Waals surface area (Å²) in [6.07, 6.45) is 5.25. The molecule has 248 valence electrons. The van der Waals surface area contributed by atoms with E-state index in [-0.39, 0.29) is 42.5 Å². The Morgan fingerprint density at radius 3 is 2.60 bits per heavy atom. The Kier molecular flexibility index (Phi) is 8.86. The molecule has 13 nitrogen and oxygen atoms in total. The van der Waals surface area contributed by atoms with Crippen molar-refractivity contribution >= 4 is 23.4 Å². The Morgan fingerprint density at radius 2 is 1.87 bits per heavy atom. The van der Waals surface area contributed by atoms with E-state index >= 15 is 0 Å². The molecule has 0 bridgehead atoms. The third kappa shape index (κ3) is 6.63. The number of aliphatic hydroxyl groups is 1. The molecular weight excluding hydrogens is 598 g/mol. The zero-order valence-electron chi connectivity index (χ0n) is 27.6. The first-order valence-electron chi connectivity index (χ1n) is 16.1. The molecule has 0 saturated carbocycles. The molecule has 1 aromatic carbocycles. The van der Waals surface area contributed by atoms with Crippen LogP contribution >= 0.6 is 0 Å². The average Bonchev–Trinajstić information content (AvgIpc) is 3.63. The van der Waals surface area contributed by atoms with E-state index in [1.807, 2.05) is 67.8 Å². The Balaban J connectivity index is 1.18. The molecule has 1 saturated heterocycles. The molecule has 4 aromatic rings. The van der Waals surface area contributed by atoms with Crippen molar-refractivity contribution in [2.75, 3.05) is 32.1 Å². The molecule has 3 aromatic heterocycles. The number of nitrogens with one attached hydrogen (secondary N) is 3. The van der Waals surface area contributed by atoms with Crippen LogP contribution in [-0.2, 0) is 11.0 Å². The van der Waals surface area contributed by atoms with Crippen LogP contribution in [-0.4, -0.2) is 73.3 Å². The maximum absolute atomic E-state index is 13.3. The van der Waals surface area contributed by atoms with Gasteiger partial charge in [-0.25, -0.2) is 14.8 Å². The number of carbonyl (C=O) groups excluding carboxylic acids is 2. The quantitative estimate of drug-likeness (QED) is 0.221. The molecule has 4 heterocycles. The molecule has 2 aliphatic rings. The Bertz CT molecular complexity index is 1780. The number of amides is 3. The third-order valence-electron chi connectivity index (χ3n) is 9.21. The lowest BCUT2D eigenvalue weighted by atomic mass is 9.85. The van der Waals surface area contributed by atoms with Gasteiger partial charge in [-0.05, 0) is 69.5 Å². The number of hydrogen-bond donors (Lipinski definition) is 4. The molecule has 3 atom stereocenters. The fourth-order valence-corrected chi connectivity index (χ4v) is 6.43. The van der Waals surface area contributed by atoms with Crippen LogP contribution in [0, 0.1) is 0 Å². The van der Waals surface area contributed by atoms with Crippen LogP contribution in [0.25, 0.3) is 5.65 Å². The van der Waals surface area contributed by atoms with Crippen LogP contribution in [0.15, 0.2) is 48.7 Å². The highest BCUT2D eigenvalue weighted by molar-refractivity contribution is 5.92. The number of nitrogens with zero attached hydrogens (tertiary/aromatic N) is 6. The highest BCUT2D eigenvalue weighted by Gasteiger charge is 2.40. The van der Waals surface area contributed by atoms with E-state index in [2.05, 4.69) is 55.0 Å². The molecule has 4 N–H and O–H groups in total. The van der Waals surface area contributed by atoms with Gasteiger partial charge >= 0.3 is 6.03 Å². The fourth-order valence-electron chi connectivity index (χ4n) is 6.43. The number of hydrogen-bond acceptors (Lipinski definition) is 9. The van der Waals surface area contributed by atoms with Gasteiger partial charge in [-0.2, -0.15) is 0 Å². The number of pyridine rings is 1. The van der Waals surface area contributed by atoms with E-state index in [9.17, 15) is 9.59 Å². The van der Waals surface area contributed by atoms with Crippen molar-refractivity contribution < 1.29 is 19.4 Å². The largest absolute Gasteiger partial charge is 0.484 e. The summed E-state index contributed by atoms with van der Waals surface area (Å²) in [5.74, 6) is 1.24. The predicted molar refractivity (Wildman–Crippen MR) is 176 cm³/mol. The summed E-state index contributed by atoms with van der Waals surface area (Å²) in [5.41, 5.74) is 2.78. The molecule has 3 amide bonds. The number of rotatable bonds is 8. The van der Waals surface area contributed by atoms with Gasteiger partial charge in [-0.1, -0.05) is 45.0 Å². The molecule has 1 aliphatic heterocycles. The molecule has 0 spiro atoms. The van der Waals surface area contributed by atoms with Gasteiger partial charge in [-0.3, -0.25) is 19.4 Å². The fraction of sp³-hybridized carbons (Fsp3) is 0.471. The number of fused-ring (bicyclic) bond motifs is 2. The maximum Gasteiger partial charge on any atom is 0.320 e. The third-order valence-corrected chi connectivity index (χ3v) is 9.21. The minimum absolute atomic E-state index is 0.0738. The first-order valence-corrected chi connectivity index (χ1v) is 16.1. The summed E-state index contributed by atoms with van der Waals surface area (Å²) < 4.78 is 8.65. The van der Waals surface area contributed by atoms with Crippen LogP contribution in [0.3, 0.4) is 0 Å². The average molecular weight is 642 g/mol. The number of urea groups is 1. The number of aromatic nitrogens is 5. The van der Waals surface area contributed by atoms with Gasteiger partial charge in [-0.15, -0.1) is 10.2 Å². The number of aliphatic hydroxyl groups excluding tert-OH is 1. The van der Waals surface area contributed by atoms with E-state index in [1.54, 1.807) is 6.07 Å². The maximum atomic E-state index is 13.3. The van der Waals surface area contributed by atoms with Crippen molar-refractivity contribution in [2.24, 2.45) is 0 Å². The number of carbonyl (C=O) groups is 2. The number of likely N-dealkylation sites (tertiary alicyclic amines) is 1. The number of anilines is 1. The molecule has 13 heteroatoms. The monoisotopic (exact) mass is 641 g/mol. The molecule has 1 unspecified atom stereocenters. The van der Waals surface area contributed by atoms with Gasteiger partial charge in [0, 0.05) is 18.0 Å². The van der Waals surface area contributed by atoms with Crippen LogP contribution in [0.5, 0.6) is 5.75 Å². The van der Waals surface area contributed by atoms with E-state index in [1.165, 1.54) is 0 Å². The Hall–Kier alpha value is -4.62. The molecular formula is C34H43N9O4. The van der Waals surface area contributed by atoms with Crippen LogP contribution in [0.4, 0.5) is 10.6 Å². The van der Waals surface area contributed by atoms with E-state index < -0.39 is 17.4 Å².